The van der Waals surface area contributed by atoms with Crippen molar-refractivity contribution in [3.63, 3.8) is 0 Å². The Morgan fingerprint density at radius 3 is 1.91 bits per heavy atom. The topological polar surface area (TPSA) is 55.6 Å². The first-order valence-electron chi connectivity index (χ1n) is 11.4. The summed E-state index contributed by atoms with van der Waals surface area (Å²) in [5.74, 6) is -0.112. The van der Waals surface area contributed by atoms with Crippen molar-refractivity contribution in [2.24, 2.45) is 11.1 Å². The molecule has 173 valence electrons. The van der Waals surface area contributed by atoms with Gasteiger partial charge < -0.3 is 15.1 Å². The molecule has 1 unspecified atom stereocenters. The predicted molar refractivity (Wildman–Crippen MR) is 140 cm³/mol. The van der Waals surface area contributed by atoms with E-state index < -0.39 is 9.04 Å². The molecule has 0 saturated heterocycles. The number of hydrogen-bond acceptors (Lipinski definition) is 3. The molecule has 1 amide bonds. The smallest absolute Gasteiger partial charge is 0.283 e. The molecule has 0 aliphatic carbocycles. The maximum atomic E-state index is 12.3. The molecule has 0 bridgehead atoms. The number of benzene rings is 3. The minimum atomic E-state index is -1.51. The minimum Gasteiger partial charge on any atom is -0.400 e. The van der Waals surface area contributed by atoms with Crippen LogP contribution in [0.4, 0.5) is 5.69 Å². The number of amides is 1. The Morgan fingerprint density at radius 1 is 0.939 bits per heavy atom. The van der Waals surface area contributed by atoms with E-state index in [0.29, 0.717) is 0 Å². The third-order valence-corrected chi connectivity index (χ3v) is 8.16. The summed E-state index contributed by atoms with van der Waals surface area (Å²) in [4.78, 5) is 14.0. The summed E-state index contributed by atoms with van der Waals surface area (Å²) in [6.45, 7) is 10.8. The fourth-order valence-corrected chi connectivity index (χ4v) is 6.46. The van der Waals surface area contributed by atoms with Gasteiger partial charge in [0.2, 0.25) is 5.91 Å². The number of anilines is 1. The van der Waals surface area contributed by atoms with Gasteiger partial charge in [0.15, 0.2) is 0 Å². The fourth-order valence-electron chi connectivity index (χ4n) is 4.16. The van der Waals surface area contributed by atoms with Crippen molar-refractivity contribution in [3.05, 3.63) is 89.5 Å². The number of nitrogens with zero attached hydrogens (tertiary/aromatic N) is 1. The SMILES string of the molecule is Cc1ccc(N(C)C(=O)CN)c(C)c1C(O[Si](c1ccccc1)c1ccccc1)C(C)(C)C. The number of carbonyl (C=O) groups is 1. The summed E-state index contributed by atoms with van der Waals surface area (Å²) in [6.07, 6.45) is -0.159. The predicted octanol–water partition coefficient (Wildman–Crippen LogP) is 4.13. The lowest BCUT2D eigenvalue weighted by Crippen LogP contribution is -2.47. The number of nitrogens with two attached hydrogens (primary N) is 1. The fraction of sp³-hybridized carbons (Fsp3) is 0.321. The highest BCUT2D eigenvalue weighted by molar-refractivity contribution is 6.80. The van der Waals surface area contributed by atoms with Gasteiger partial charge in [-0.05, 0) is 52.4 Å². The first kappa shape index (κ1) is 24.9. The normalized spacial score (nSPS) is 12.6. The molecule has 4 nitrogen and oxygen atoms in total. The first-order chi connectivity index (χ1) is 15.6. The van der Waals surface area contributed by atoms with E-state index in [9.17, 15) is 4.79 Å². The van der Waals surface area contributed by atoms with Crippen molar-refractivity contribution < 1.29 is 9.22 Å². The molecule has 5 heteroatoms. The van der Waals surface area contributed by atoms with Crippen LogP contribution in [0.3, 0.4) is 0 Å². The summed E-state index contributed by atoms with van der Waals surface area (Å²) < 4.78 is 7.13. The first-order valence-corrected chi connectivity index (χ1v) is 12.8. The van der Waals surface area contributed by atoms with Gasteiger partial charge in [0.25, 0.3) is 9.04 Å². The maximum absolute atomic E-state index is 12.3. The Hall–Kier alpha value is -2.73. The van der Waals surface area contributed by atoms with E-state index >= 15 is 0 Å². The molecular weight excluding hydrogens is 424 g/mol. The van der Waals surface area contributed by atoms with E-state index in [1.165, 1.54) is 10.4 Å². The molecule has 0 spiro atoms. The van der Waals surface area contributed by atoms with Crippen LogP contribution in [-0.4, -0.2) is 28.5 Å². The van der Waals surface area contributed by atoms with E-state index in [2.05, 4.69) is 89.2 Å². The van der Waals surface area contributed by atoms with Crippen LogP contribution < -0.4 is 21.0 Å². The molecule has 3 rings (SSSR count). The van der Waals surface area contributed by atoms with Gasteiger partial charge in [-0.2, -0.15) is 0 Å². The van der Waals surface area contributed by atoms with Gasteiger partial charge in [-0.15, -0.1) is 0 Å². The Bertz CT molecular complexity index is 1040. The average molecular weight is 460 g/mol. The zero-order chi connectivity index (χ0) is 24.2. The molecule has 1 radical (unpaired) electrons. The number of rotatable bonds is 7. The van der Waals surface area contributed by atoms with Crippen molar-refractivity contribution in [3.8, 4) is 0 Å². The van der Waals surface area contributed by atoms with Crippen molar-refractivity contribution >= 4 is 31.0 Å². The molecule has 33 heavy (non-hydrogen) atoms. The second-order valence-corrected chi connectivity index (χ2v) is 11.6. The maximum Gasteiger partial charge on any atom is 0.283 e. The van der Waals surface area contributed by atoms with Crippen LogP contribution >= 0.6 is 0 Å². The van der Waals surface area contributed by atoms with Crippen LogP contribution in [0, 0.1) is 19.3 Å². The Labute approximate surface area is 200 Å². The minimum absolute atomic E-state index is 0.0203. The molecule has 0 heterocycles. The van der Waals surface area contributed by atoms with Crippen molar-refractivity contribution in [2.45, 2.75) is 40.7 Å². The Morgan fingerprint density at radius 2 is 1.45 bits per heavy atom. The molecular formula is C28H35N2O2Si. The van der Waals surface area contributed by atoms with E-state index in [1.54, 1.807) is 11.9 Å². The highest BCUT2D eigenvalue weighted by Crippen LogP contribution is 2.41. The third kappa shape index (κ3) is 5.61. The highest BCUT2D eigenvalue weighted by atomic mass is 28.3. The van der Waals surface area contributed by atoms with E-state index in [1.807, 2.05) is 18.2 Å². The van der Waals surface area contributed by atoms with Gasteiger partial charge in [0.1, 0.15) is 0 Å². The second kappa shape index (κ2) is 10.5. The molecule has 0 aliphatic heterocycles. The van der Waals surface area contributed by atoms with Crippen molar-refractivity contribution in [1.82, 2.24) is 0 Å². The molecule has 0 fully saturated rings. The zero-order valence-corrected chi connectivity index (χ0v) is 21.6. The zero-order valence-electron chi connectivity index (χ0n) is 20.6. The summed E-state index contributed by atoms with van der Waals surface area (Å²) in [5.41, 5.74) is 9.71. The lowest BCUT2D eigenvalue weighted by Gasteiger charge is -2.37. The van der Waals surface area contributed by atoms with Crippen LogP contribution in [0.2, 0.25) is 0 Å². The molecule has 1 atom stereocenters. The molecule has 0 aliphatic rings. The lowest BCUT2D eigenvalue weighted by molar-refractivity contribution is -0.117. The largest absolute Gasteiger partial charge is 0.400 e. The lowest BCUT2D eigenvalue weighted by atomic mass is 9.81. The Balaban J connectivity index is 2.14. The van der Waals surface area contributed by atoms with E-state index in [-0.39, 0.29) is 24.0 Å². The summed E-state index contributed by atoms with van der Waals surface area (Å²) in [7, 11) is 0.270. The van der Waals surface area contributed by atoms with Crippen LogP contribution in [0.25, 0.3) is 0 Å². The van der Waals surface area contributed by atoms with Crippen LogP contribution in [0.5, 0.6) is 0 Å². The summed E-state index contributed by atoms with van der Waals surface area (Å²) in [5, 5.41) is 2.43. The molecule has 0 aromatic heterocycles. The van der Waals surface area contributed by atoms with Crippen LogP contribution in [0.15, 0.2) is 72.8 Å². The average Bonchev–Trinajstić information content (AvgIpc) is 2.80. The summed E-state index contributed by atoms with van der Waals surface area (Å²) in [6, 6.07) is 25.1. The Kier molecular flexibility index (Phi) is 7.90. The summed E-state index contributed by atoms with van der Waals surface area (Å²) >= 11 is 0. The van der Waals surface area contributed by atoms with Crippen molar-refractivity contribution in [1.29, 1.82) is 0 Å². The number of likely N-dealkylation sites (N-methyl/N-ethyl adjacent to an activating group) is 1. The van der Waals surface area contributed by atoms with Gasteiger partial charge in [-0.1, -0.05) is 87.5 Å². The van der Waals surface area contributed by atoms with Crippen LogP contribution in [0.1, 0.15) is 43.6 Å². The number of aryl methyl sites for hydroxylation is 1. The molecule has 2 N–H and O–H groups in total. The van der Waals surface area contributed by atoms with Crippen molar-refractivity contribution in [2.75, 3.05) is 18.5 Å². The number of carbonyl (C=O) groups excluding carboxylic acids is 1. The third-order valence-electron chi connectivity index (χ3n) is 5.97. The molecule has 3 aromatic carbocycles. The van der Waals surface area contributed by atoms with E-state index in [4.69, 9.17) is 10.2 Å². The number of hydrogen-bond donors (Lipinski definition) is 1. The standard InChI is InChI=1S/C28H35N2O2Si/c1-20-17-18-24(30(6)25(31)19-29)21(2)26(20)27(28(3,4)5)32-33(22-13-9-7-10-14-22)23-15-11-8-12-16-23/h7-18,27H,19,29H2,1-6H3. The van der Waals surface area contributed by atoms with Gasteiger partial charge in [-0.25, -0.2) is 0 Å². The van der Waals surface area contributed by atoms with Gasteiger partial charge in [0.05, 0.1) is 12.6 Å². The second-order valence-electron chi connectivity index (χ2n) is 9.52. The van der Waals surface area contributed by atoms with Crippen LogP contribution in [-0.2, 0) is 9.22 Å². The van der Waals surface area contributed by atoms with E-state index in [0.717, 1.165) is 22.4 Å². The monoisotopic (exact) mass is 459 g/mol. The van der Waals surface area contributed by atoms with Gasteiger partial charge in [0, 0.05) is 12.7 Å². The molecule has 3 aromatic rings. The molecule has 0 saturated carbocycles. The van der Waals surface area contributed by atoms with Gasteiger partial charge >= 0.3 is 0 Å². The van der Waals surface area contributed by atoms with Gasteiger partial charge in [-0.3, -0.25) is 4.79 Å². The quantitative estimate of drug-likeness (QED) is 0.541. The highest BCUT2D eigenvalue weighted by Gasteiger charge is 2.35.